The molecule has 1 heterocycles. The Bertz CT molecular complexity index is 955. The van der Waals surface area contributed by atoms with Gasteiger partial charge in [-0.15, -0.1) is 0 Å². The van der Waals surface area contributed by atoms with E-state index in [4.69, 9.17) is 16.3 Å². The van der Waals surface area contributed by atoms with Gasteiger partial charge in [-0.3, -0.25) is 14.5 Å². The van der Waals surface area contributed by atoms with Crippen LogP contribution < -0.4 is 10.1 Å². The number of benzene rings is 2. The largest absolute Gasteiger partial charge is 0.495 e. The van der Waals surface area contributed by atoms with Crippen LogP contribution in [0.2, 0.25) is 5.02 Å². The maximum atomic E-state index is 12.8. The predicted molar refractivity (Wildman–Crippen MR) is 124 cm³/mol. The first kappa shape index (κ1) is 23.1. The first-order chi connectivity index (χ1) is 14.8. The fraction of sp³-hybridized carbons (Fsp3) is 0.417. The van der Waals surface area contributed by atoms with Crippen molar-refractivity contribution >= 4 is 29.1 Å². The van der Waals surface area contributed by atoms with Gasteiger partial charge in [0.15, 0.2) is 0 Å². The number of piperazine rings is 1. The summed E-state index contributed by atoms with van der Waals surface area (Å²) in [5, 5.41) is 3.55. The molecule has 0 spiro atoms. The first-order valence-electron chi connectivity index (χ1n) is 10.5. The maximum absolute atomic E-state index is 12.8. The highest BCUT2D eigenvalue weighted by Gasteiger charge is 2.28. The van der Waals surface area contributed by atoms with E-state index in [0.717, 1.165) is 16.7 Å². The Labute approximate surface area is 189 Å². The predicted octanol–water partition coefficient (Wildman–Crippen LogP) is 3.68. The van der Waals surface area contributed by atoms with Gasteiger partial charge in [-0.25, -0.2) is 0 Å². The van der Waals surface area contributed by atoms with Crippen molar-refractivity contribution in [3.63, 3.8) is 0 Å². The molecule has 1 fully saturated rings. The summed E-state index contributed by atoms with van der Waals surface area (Å²) in [5.74, 6) is 0.551. The van der Waals surface area contributed by atoms with Crippen LogP contribution in [-0.2, 0) is 16.0 Å². The molecule has 1 aliphatic heterocycles. The second kappa shape index (κ2) is 10.2. The van der Waals surface area contributed by atoms with Crippen LogP contribution in [0, 0.1) is 13.8 Å². The monoisotopic (exact) mass is 443 g/mol. The lowest BCUT2D eigenvalue weighted by Crippen LogP contribution is -2.54. The fourth-order valence-electron chi connectivity index (χ4n) is 3.77. The fourth-order valence-corrected chi connectivity index (χ4v) is 3.93. The number of anilines is 1. The second-order valence-corrected chi connectivity index (χ2v) is 8.39. The van der Waals surface area contributed by atoms with Crippen LogP contribution in [-0.4, -0.2) is 60.9 Å². The number of aryl methyl sites for hydroxylation is 2. The average molecular weight is 444 g/mol. The van der Waals surface area contributed by atoms with Crippen LogP contribution in [0.5, 0.6) is 5.75 Å². The summed E-state index contributed by atoms with van der Waals surface area (Å²) in [6.45, 7) is 8.34. The molecule has 2 aromatic carbocycles. The van der Waals surface area contributed by atoms with E-state index in [1.54, 1.807) is 13.2 Å². The third-order valence-corrected chi connectivity index (χ3v) is 6.34. The van der Waals surface area contributed by atoms with E-state index in [2.05, 4.69) is 10.2 Å². The van der Waals surface area contributed by atoms with Crippen LogP contribution in [0.3, 0.4) is 0 Å². The molecule has 1 saturated heterocycles. The molecule has 3 rings (SSSR count). The van der Waals surface area contributed by atoms with Gasteiger partial charge in [0, 0.05) is 37.3 Å². The van der Waals surface area contributed by atoms with Crippen LogP contribution in [0.4, 0.5) is 5.69 Å². The zero-order valence-corrected chi connectivity index (χ0v) is 19.3. The third-order valence-electron chi connectivity index (χ3n) is 5.94. The Hall–Kier alpha value is -2.57. The molecule has 0 radical (unpaired) electrons. The second-order valence-electron chi connectivity index (χ2n) is 7.99. The van der Waals surface area contributed by atoms with Gasteiger partial charge in [0.05, 0.1) is 25.3 Å². The number of carbonyl (C=O) groups is 2. The molecule has 7 heteroatoms. The highest BCUT2D eigenvalue weighted by molar-refractivity contribution is 6.31. The number of hydrogen-bond acceptors (Lipinski definition) is 4. The smallest absolute Gasteiger partial charge is 0.241 e. The third kappa shape index (κ3) is 5.57. The molecule has 1 unspecified atom stereocenters. The first-order valence-corrected chi connectivity index (χ1v) is 10.9. The van der Waals surface area contributed by atoms with Crippen LogP contribution >= 0.6 is 11.6 Å². The zero-order valence-electron chi connectivity index (χ0n) is 18.6. The molecule has 2 aromatic rings. The topological polar surface area (TPSA) is 61.9 Å². The zero-order chi connectivity index (χ0) is 22.5. The van der Waals surface area contributed by atoms with Crippen molar-refractivity contribution in [3.8, 4) is 5.75 Å². The Morgan fingerprint density at radius 2 is 1.77 bits per heavy atom. The van der Waals surface area contributed by atoms with Gasteiger partial charge in [-0.05, 0) is 43.5 Å². The molecule has 0 aliphatic carbocycles. The molecule has 1 aliphatic rings. The summed E-state index contributed by atoms with van der Waals surface area (Å²) >= 11 is 6.15. The van der Waals surface area contributed by atoms with E-state index in [9.17, 15) is 9.59 Å². The van der Waals surface area contributed by atoms with Gasteiger partial charge in [0.2, 0.25) is 11.8 Å². The van der Waals surface area contributed by atoms with E-state index < -0.39 is 0 Å². The van der Waals surface area contributed by atoms with Crippen LogP contribution in [0.15, 0.2) is 36.4 Å². The van der Waals surface area contributed by atoms with Gasteiger partial charge in [-0.1, -0.05) is 35.9 Å². The molecule has 31 heavy (non-hydrogen) atoms. The van der Waals surface area contributed by atoms with E-state index >= 15 is 0 Å². The maximum Gasteiger partial charge on any atom is 0.241 e. The molecule has 0 bridgehead atoms. The summed E-state index contributed by atoms with van der Waals surface area (Å²) in [7, 11) is 1.55. The number of halogens is 1. The molecule has 2 amide bonds. The number of amides is 2. The summed E-state index contributed by atoms with van der Waals surface area (Å²) in [5.41, 5.74) is 3.67. The van der Waals surface area contributed by atoms with Crippen molar-refractivity contribution in [3.05, 3.63) is 58.1 Å². The Balaban J connectivity index is 1.56. The highest BCUT2D eigenvalue weighted by Crippen LogP contribution is 2.31. The van der Waals surface area contributed by atoms with Gasteiger partial charge in [0.1, 0.15) is 5.75 Å². The number of ether oxygens (including phenoxy) is 1. The Morgan fingerprint density at radius 3 is 2.42 bits per heavy atom. The number of nitrogens with zero attached hydrogens (tertiary/aromatic N) is 2. The van der Waals surface area contributed by atoms with Crippen molar-refractivity contribution in [2.75, 3.05) is 38.6 Å². The normalized spacial score (nSPS) is 15.5. The van der Waals surface area contributed by atoms with E-state index in [0.29, 0.717) is 49.1 Å². The molecule has 0 aromatic heterocycles. The summed E-state index contributed by atoms with van der Waals surface area (Å²) in [4.78, 5) is 29.5. The van der Waals surface area contributed by atoms with Crippen molar-refractivity contribution in [2.45, 2.75) is 33.2 Å². The van der Waals surface area contributed by atoms with Crippen molar-refractivity contribution in [2.24, 2.45) is 0 Å². The van der Waals surface area contributed by atoms with Crippen molar-refractivity contribution < 1.29 is 14.3 Å². The number of nitrogens with one attached hydrogen (secondary N) is 1. The minimum absolute atomic E-state index is 0.111. The van der Waals surface area contributed by atoms with E-state index in [-0.39, 0.29) is 17.9 Å². The Kier molecular flexibility index (Phi) is 7.57. The van der Waals surface area contributed by atoms with E-state index in [1.807, 2.05) is 56.0 Å². The van der Waals surface area contributed by atoms with Crippen molar-refractivity contribution in [1.82, 2.24) is 9.80 Å². The number of hydrogen-bond donors (Lipinski definition) is 1. The molecule has 1 atom stereocenters. The van der Waals surface area contributed by atoms with Gasteiger partial charge >= 0.3 is 0 Å². The summed E-state index contributed by atoms with van der Waals surface area (Å²) < 4.78 is 5.35. The van der Waals surface area contributed by atoms with Crippen LogP contribution in [0.1, 0.15) is 23.6 Å². The SMILES string of the molecule is COc1cc(Cl)c(C)cc1NC(=O)C(C)N1CCN(C(=O)Cc2ccccc2C)CC1. The molecular weight excluding hydrogens is 414 g/mol. The molecule has 166 valence electrons. The quantitative estimate of drug-likeness (QED) is 0.739. The van der Waals surface area contributed by atoms with Gasteiger partial charge in [0.25, 0.3) is 0 Å². The number of carbonyl (C=O) groups excluding carboxylic acids is 2. The molecular formula is C24H30ClN3O3. The minimum atomic E-state index is -0.325. The lowest BCUT2D eigenvalue weighted by molar-refractivity contribution is -0.133. The lowest BCUT2D eigenvalue weighted by atomic mass is 10.0. The average Bonchev–Trinajstić information content (AvgIpc) is 2.77. The number of methoxy groups -OCH3 is 1. The standard InChI is InChI=1S/C24H30ClN3O3/c1-16-7-5-6-8-19(16)14-23(29)28-11-9-27(10-12-28)18(3)24(30)26-21-13-17(2)20(25)15-22(21)31-4/h5-8,13,15,18H,9-12,14H2,1-4H3,(H,26,30). The molecule has 0 saturated carbocycles. The van der Waals surface area contributed by atoms with E-state index in [1.165, 1.54) is 0 Å². The molecule has 6 nitrogen and oxygen atoms in total. The minimum Gasteiger partial charge on any atom is -0.495 e. The summed E-state index contributed by atoms with van der Waals surface area (Å²) in [6.07, 6.45) is 0.415. The lowest BCUT2D eigenvalue weighted by Gasteiger charge is -2.37. The van der Waals surface area contributed by atoms with Crippen molar-refractivity contribution in [1.29, 1.82) is 0 Å². The van der Waals surface area contributed by atoms with Gasteiger partial charge in [-0.2, -0.15) is 0 Å². The van der Waals surface area contributed by atoms with Crippen LogP contribution in [0.25, 0.3) is 0 Å². The summed E-state index contributed by atoms with van der Waals surface area (Å²) in [6, 6.07) is 11.2. The highest BCUT2D eigenvalue weighted by atomic mass is 35.5. The Morgan fingerprint density at radius 1 is 1.10 bits per heavy atom. The number of rotatable bonds is 6. The molecule has 1 N–H and O–H groups in total. The van der Waals surface area contributed by atoms with Gasteiger partial charge < -0.3 is 15.0 Å².